The van der Waals surface area contributed by atoms with Gasteiger partial charge in [0.05, 0.1) is 12.7 Å². The van der Waals surface area contributed by atoms with Crippen LogP contribution in [0.2, 0.25) is 0 Å². The van der Waals surface area contributed by atoms with Crippen LogP contribution in [0.5, 0.6) is 0 Å². The fourth-order valence-electron chi connectivity index (χ4n) is 2.21. The third kappa shape index (κ3) is 4.30. The predicted octanol–water partition coefficient (Wildman–Crippen LogP) is 2.63. The monoisotopic (exact) mass is 260 g/mol. The SMILES string of the molecule is O=C1CCCC=C1[C@@H](O)CCOCc1ccccc1. The normalized spacial score (nSPS) is 17.1. The maximum Gasteiger partial charge on any atom is 0.161 e. The van der Waals surface area contributed by atoms with E-state index in [1.54, 1.807) is 0 Å². The van der Waals surface area contributed by atoms with Crippen LogP contribution in [0.1, 0.15) is 31.2 Å². The number of aliphatic hydroxyl groups excluding tert-OH is 1. The van der Waals surface area contributed by atoms with E-state index in [4.69, 9.17) is 4.74 Å². The molecule has 0 aliphatic heterocycles. The smallest absolute Gasteiger partial charge is 0.161 e. The first-order valence-electron chi connectivity index (χ1n) is 6.80. The summed E-state index contributed by atoms with van der Waals surface area (Å²) in [4.78, 5) is 11.6. The van der Waals surface area contributed by atoms with E-state index < -0.39 is 6.10 Å². The van der Waals surface area contributed by atoms with E-state index in [9.17, 15) is 9.90 Å². The van der Waals surface area contributed by atoms with Gasteiger partial charge in [-0.05, 0) is 18.4 Å². The molecule has 1 aliphatic carbocycles. The minimum Gasteiger partial charge on any atom is -0.388 e. The maximum absolute atomic E-state index is 11.6. The van der Waals surface area contributed by atoms with Crippen molar-refractivity contribution in [1.82, 2.24) is 0 Å². The molecule has 2 rings (SSSR count). The summed E-state index contributed by atoms with van der Waals surface area (Å²) in [6.07, 6.45) is 4.03. The van der Waals surface area contributed by atoms with Crippen molar-refractivity contribution in [3.8, 4) is 0 Å². The highest BCUT2D eigenvalue weighted by atomic mass is 16.5. The number of ketones is 1. The van der Waals surface area contributed by atoms with Gasteiger partial charge in [-0.25, -0.2) is 0 Å². The van der Waals surface area contributed by atoms with Gasteiger partial charge in [0.25, 0.3) is 0 Å². The molecule has 102 valence electrons. The molecular weight excluding hydrogens is 240 g/mol. The lowest BCUT2D eigenvalue weighted by Crippen LogP contribution is -2.21. The molecule has 0 unspecified atom stereocenters. The van der Waals surface area contributed by atoms with Gasteiger partial charge in [0, 0.05) is 25.0 Å². The van der Waals surface area contributed by atoms with Crippen LogP contribution < -0.4 is 0 Å². The molecule has 1 N–H and O–H groups in total. The zero-order chi connectivity index (χ0) is 13.5. The Morgan fingerprint density at radius 2 is 2.05 bits per heavy atom. The van der Waals surface area contributed by atoms with Gasteiger partial charge in [0.2, 0.25) is 0 Å². The number of aliphatic hydroxyl groups is 1. The largest absolute Gasteiger partial charge is 0.388 e. The Morgan fingerprint density at radius 1 is 1.26 bits per heavy atom. The second-order valence-electron chi connectivity index (χ2n) is 4.82. The standard InChI is InChI=1S/C16H20O3/c17-15-9-5-4-8-14(15)16(18)10-11-19-12-13-6-2-1-3-7-13/h1-3,6-8,16,18H,4-5,9-12H2/t16-/m0/s1. The number of allylic oxidation sites excluding steroid dienone is 1. The summed E-state index contributed by atoms with van der Waals surface area (Å²) < 4.78 is 5.52. The van der Waals surface area contributed by atoms with Crippen LogP contribution in [0.4, 0.5) is 0 Å². The van der Waals surface area contributed by atoms with Gasteiger partial charge in [-0.2, -0.15) is 0 Å². The second-order valence-corrected chi connectivity index (χ2v) is 4.82. The van der Waals surface area contributed by atoms with Gasteiger partial charge in [-0.3, -0.25) is 4.79 Å². The van der Waals surface area contributed by atoms with Gasteiger partial charge < -0.3 is 9.84 Å². The summed E-state index contributed by atoms with van der Waals surface area (Å²) in [5, 5.41) is 9.97. The van der Waals surface area contributed by atoms with Gasteiger partial charge in [-0.15, -0.1) is 0 Å². The van der Waals surface area contributed by atoms with Gasteiger partial charge in [0.1, 0.15) is 0 Å². The summed E-state index contributed by atoms with van der Waals surface area (Å²) in [5.74, 6) is 0.0850. The van der Waals surface area contributed by atoms with Gasteiger partial charge in [0.15, 0.2) is 5.78 Å². The summed E-state index contributed by atoms with van der Waals surface area (Å²) in [6.45, 7) is 1.00. The van der Waals surface area contributed by atoms with Crippen LogP contribution in [0.25, 0.3) is 0 Å². The summed E-state index contributed by atoms with van der Waals surface area (Å²) in [5.41, 5.74) is 1.69. The number of hydrogen-bond acceptors (Lipinski definition) is 3. The molecule has 0 fully saturated rings. The van der Waals surface area contributed by atoms with E-state index >= 15 is 0 Å². The molecule has 1 aromatic rings. The van der Waals surface area contributed by atoms with E-state index in [-0.39, 0.29) is 5.78 Å². The number of rotatable bonds is 6. The number of ether oxygens (including phenoxy) is 1. The number of carbonyl (C=O) groups excluding carboxylic acids is 1. The van der Waals surface area contributed by atoms with Gasteiger partial charge >= 0.3 is 0 Å². The van der Waals surface area contributed by atoms with Crippen LogP contribution >= 0.6 is 0 Å². The molecule has 1 aromatic carbocycles. The molecule has 0 amide bonds. The Hall–Kier alpha value is -1.45. The Labute approximate surface area is 113 Å². The van der Waals surface area contributed by atoms with Crippen LogP contribution in [-0.4, -0.2) is 23.6 Å². The molecule has 1 aliphatic rings. The molecule has 3 heteroatoms. The maximum atomic E-state index is 11.6. The number of carbonyl (C=O) groups is 1. The molecule has 0 saturated heterocycles. The highest BCUT2D eigenvalue weighted by Gasteiger charge is 2.20. The van der Waals surface area contributed by atoms with Crippen molar-refractivity contribution in [3.63, 3.8) is 0 Å². The van der Waals surface area contributed by atoms with E-state index in [2.05, 4.69) is 0 Å². The average molecular weight is 260 g/mol. The highest BCUT2D eigenvalue weighted by molar-refractivity contribution is 5.96. The van der Waals surface area contributed by atoms with Crippen LogP contribution in [0.15, 0.2) is 42.0 Å². The number of hydrogen-bond donors (Lipinski definition) is 1. The first-order valence-corrected chi connectivity index (χ1v) is 6.80. The van der Waals surface area contributed by atoms with Crippen molar-refractivity contribution >= 4 is 5.78 Å². The molecule has 19 heavy (non-hydrogen) atoms. The molecule has 0 radical (unpaired) electrons. The van der Waals surface area contributed by atoms with E-state index in [1.807, 2.05) is 36.4 Å². The topological polar surface area (TPSA) is 46.5 Å². The summed E-state index contributed by atoms with van der Waals surface area (Å²) in [6, 6.07) is 9.92. The minimum absolute atomic E-state index is 0.0850. The van der Waals surface area contributed by atoms with E-state index in [0.717, 1.165) is 18.4 Å². The quantitative estimate of drug-likeness (QED) is 0.800. The Morgan fingerprint density at radius 3 is 2.79 bits per heavy atom. The average Bonchev–Trinajstić information content (AvgIpc) is 2.45. The zero-order valence-corrected chi connectivity index (χ0v) is 11.0. The summed E-state index contributed by atoms with van der Waals surface area (Å²) in [7, 11) is 0. The predicted molar refractivity (Wildman–Crippen MR) is 73.7 cm³/mol. The lowest BCUT2D eigenvalue weighted by atomic mass is 9.93. The molecular formula is C16H20O3. The zero-order valence-electron chi connectivity index (χ0n) is 11.0. The molecule has 0 bridgehead atoms. The Bertz CT molecular complexity index is 437. The highest BCUT2D eigenvalue weighted by Crippen LogP contribution is 2.19. The lowest BCUT2D eigenvalue weighted by Gasteiger charge is -2.17. The van der Waals surface area contributed by atoms with Crippen molar-refractivity contribution in [2.75, 3.05) is 6.61 Å². The van der Waals surface area contributed by atoms with E-state index in [0.29, 0.717) is 31.6 Å². The van der Waals surface area contributed by atoms with Crippen molar-refractivity contribution in [3.05, 3.63) is 47.5 Å². The first-order chi connectivity index (χ1) is 9.27. The van der Waals surface area contributed by atoms with Gasteiger partial charge in [-0.1, -0.05) is 36.4 Å². The first kappa shape index (κ1) is 14.0. The molecule has 3 nitrogen and oxygen atoms in total. The van der Waals surface area contributed by atoms with Crippen molar-refractivity contribution in [2.24, 2.45) is 0 Å². The molecule has 1 atom stereocenters. The van der Waals surface area contributed by atoms with Crippen molar-refractivity contribution < 1.29 is 14.6 Å². The van der Waals surface area contributed by atoms with Crippen LogP contribution in [0.3, 0.4) is 0 Å². The minimum atomic E-state index is -0.677. The molecule has 0 saturated carbocycles. The fourth-order valence-corrected chi connectivity index (χ4v) is 2.21. The number of Topliss-reactive ketones (excluding diaryl/α,β-unsaturated/α-hetero) is 1. The van der Waals surface area contributed by atoms with Crippen molar-refractivity contribution in [1.29, 1.82) is 0 Å². The van der Waals surface area contributed by atoms with E-state index in [1.165, 1.54) is 0 Å². The Balaban J connectivity index is 1.71. The fraction of sp³-hybridized carbons (Fsp3) is 0.438. The van der Waals surface area contributed by atoms with Crippen LogP contribution in [0, 0.1) is 0 Å². The lowest BCUT2D eigenvalue weighted by molar-refractivity contribution is -0.117. The van der Waals surface area contributed by atoms with Crippen molar-refractivity contribution in [2.45, 2.75) is 38.4 Å². The summed E-state index contributed by atoms with van der Waals surface area (Å²) >= 11 is 0. The third-order valence-electron chi connectivity index (χ3n) is 3.30. The Kier molecular flexibility index (Phi) is 5.31. The molecule has 0 aromatic heterocycles. The third-order valence-corrected chi connectivity index (χ3v) is 3.30. The molecule has 0 heterocycles. The number of benzene rings is 1. The van der Waals surface area contributed by atoms with Crippen LogP contribution in [-0.2, 0) is 16.1 Å². The molecule has 0 spiro atoms. The second kappa shape index (κ2) is 7.22.